The van der Waals surface area contributed by atoms with Gasteiger partial charge in [-0.15, -0.1) is 0 Å². The molecular weight excluding hydrogens is 376 g/mol. The Morgan fingerprint density at radius 3 is 2.53 bits per heavy atom. The second-order valence-corrected chi connectivity index (χ2v) is 7.53. The molecule has 0 atom stereocenters. The molecule has 4 rings (SSSR count). The first-order chi connectivity index (χ1) is 14.8. The molecule has 0 radical (unpaired) electrons. The quantitative estimate of drug-likeness (QED) is 0.595. The molecule has 1 aromatic heterocycles. The maximum Gasteiger partial charge on any atom is 0.417 e. The summed E-state index contributed by atoms with van der Waals surface area (Å²) in [5.41, 5.74) is 3.66. The Hall–Kier alpha value is -3.28. The van der Waals surface area contributed by atoms with Crippen molar-refractivity contribution in [2.45, 2.75) is 39.0 Å². The van der Waals surface area contributed by atoms with E-state index in [0.717, 1.165) is 48.7 Å². The van der Waals surface area contributed by atoms with Crippen molar-refractivity contribution in [1.29, 1.82) is 0 Å². The van der Waals surface area contributed by atoms with Crippen LogP contribution < -0.4 is 15.0 Å². The lowest BCUT2D eigenvalue weighted by molar-refractivity contribution is 0.214. The number of anilines is 2. The summed E-state index contributed by atoms with van der Waals surface area (Å²) in [7, 11) is 0. The molecular formula is C24H28N4O2. The third kappa shape index (κ3) is 4.48. The number of aromatic nitrogens is 2. The molecule has 0 saturated carbocycles. The number of rotatable bonds is 6. The van der Waals surface area contributed by atoms with Gasteiger partial charge in [0, 0.05) is 13.1 Å². The average Bonchev–Trinajstić information content (AvgIpc) is 3.17. The van der Waals surface area contributed by atoms with Crippen LogP contribution in [0.5, 0.6) is 5.75 Å². The molecule has 6 heteroatoms. The Labute approximate surface area is 177 Å². The first kappa shape index (κ1) is 20.0. The van der Waals surface area contributed by atoms with Gasteiger partial charge in [0.2, 0.25) is 0 Å². The summed E-state index contributed by atoms with van der Waals surface area (Å²) in [5, 5.41) is 7.39. The number of benzene rings is 2. The van der Waals surface area contributed by atoms with Crippen molar-refractivity contribution >= 4 is 17.5 Å². The third-order valence-electron chi connectivity index (χ3n) is 5.36. The standard InChI is InChI=1S/C24H28N4O2/c1-2-11-22-23(18-25-28(22)19-12-5-3-6-13-19)30-24(29)26-20-14-7-8-15-21(20)27-16-9-4-10-17-27/h3,5-8,12-15,18H,2,4,9-11,16-17H2,1H3,(H,26,29). The molecule has 1 N–H and O–H groups in total. The molecule has 0 aliphatic carbocycles. The van der Waals surface area contributed by atoms with E-state index in [1.165, 1.54) is 19.3 Å². The number of amides is 1. The van der Waals surface area contributed by atoms with E-state index in [9.17, 15) is 4.79 Å². The number of ether oxygens (including phenoxy) is 1. The molecule has 0 unspecified atom stereocenters. The molecule has 2 heterocycles. The summed E-state index contributed by atoms with van der Waals surface area (Å²) in [6.45, 7) is 4.12. The number of hydrogen-bond acceptors (Lipinski definition) is 4. The number of hydrogen-bond donors (Lipinski definition) is 1. The van der Waals surface area contributed by atoms with Crippen LogP contribution in [0.25, 0.3) is 5.69 Å². The predicted molar refractivity (Wildman–Crippen MR) is 120 cm³/mol. The van der Waals surface area contributed by atoms with Gasteiger partial charge in [-0.1, -0.05) is 43.7 Å². The van der Waals surface area contributed by atoms with E-state index >= 15 is 0 Å². The fourth-order valence-corrected chi connectivity index (χ4v) is 3.93. The molecule has 2 aromatic carbocycles. The van der Waals surface area contributed by atoms with Gasteiger partial charge < -0.3 is 9.64 Å². The minimum atomic E-state index is -0.496. The van der Waals surface area contributed by atoms with Gasteiger partial charge in [-0.3, -0.25) is 5.32 Å². The van der Waals surface area contributed by atoms with Crippen molar-refractivity contribution in [2.24, 2.45) is 0 Å². The smallest absolute Gasteiger partial charge is 0.406 e. The lowest BCUT2D eigenvalue weighted by Crippen LogP contribution is -2.30. The van der Waals surface area contributed by atoms with Crippen molar-refractivity contribution in [1.82, 2.24) is 9.78 Å². The van der Waals surface area contributed by atoms with Gasteiger partial charge in [-0.2, -0.15) is 5.10 Å². The SMILES string of the molecule is CCCc1c(OC(=O)Nc2ccccc2N2CCCCC2)cnn1-c1ccccc1. The predicted octanol–water partition coefficient (Wildman–Crippen LogP) is 5.43. The van der Waals surface area contributed by atoms with Crippen LogP contribution in [0.4, 0.5) is 16.2 Å². The zero-order valence-electron chi connectivity index (χ0n) is 17.4. The normalized spacial score (nSPS) is 13.8. The average molecular weight is 405 g/mol. The molecule has 1 amide bonds. The van der Waals surface area contributed by atoms with E-state index in [4.69, 9.17) is 4.74 Å². The van der Waals surface area contributed by atoms with Crippen LogP contribution >= 0.6 is 0 Å². The van der Waals surface area contributed by atoms with Gasteiger partial charge in [0.05, 0.1) is 29.0 Å². The van der Waals surface area contributed by atoms with E-state index < -0.39 is 6.09 Å². The Morgan fingerprint density at radius 1 is 1.03 bits per heavy atom. The van der Waals surface area contributed by atoms with Crippen molar-refractivity contribution in [3.8, 4) is 11.4 Å². The fraction of sp³-hybridized carbons (Fsp3) is 0.333. The molecule has 1 aliphatic heterocycles. The molecule has 0 bridgehead atoms. The summed E-state index contributed by atoms with van der Waals surface area (Å²) >= 11 is 0. The maximum atomic E-state index is 12.7. The number of carbonyl (C=O) groups excluding carboxylic acids is 1. The molecule has 30 heavy (non-hydrogen) atoms. The number of nitrogens with one attached hydrogen (secondary N) is 1. The minimum absolute atomic E-state index is 0.494. The van der Waals surface area contributed by atoms with Crippen LogP contribution in [-0.4, -0.2) is 29.0 Å². The van der Waals surface area contributed by atoms with Gasteiger partial charge >= 0.3 is 6.09 Å². The Morgan fingerprint density at radius 2 is 1.77 bits per heavy atom. The highest BCUT2D eigenvalue weighted by atomic mass is 16.6. The lowest BCUT2D eigenvalue weighted by Gasteiger charge is -2.30. The van der Waals surface area contributed by atoms with E-state index in [1.807, 2.05) is 53.2 Å². The Balaban J connectivity index is 1.52. The lowest BCUT2D eigenvalue weighted by atomic mass is 10.1. The first-order valence-electron chi connectivity index (χ1n) is 10.7. The molecule has 3 aromatic rings. The number of carbonyl (C=O) groups is 1. The van der Waals surface area contributed by atoms with E-state index in [1.54, 1.807) is 6.20 Å². The highest BCUT2D eigenvalue weighted by Gasteiger charge is 2.19. The number of para-hydroxylation sites is 3. The first-order valence-corrected chi connectivity index (χ1v) is 10.7. The van der Waals surface area contributed by atoms with Crippen LogP contribution in [0.3, 0.4) is 0 Å². The van der Waals surface area contributed by atoms with Crippen molar-refractivity contribution < 1.29 is 9.53 Å². The van der Waals surface area contributed by atoms with Crippen molar-refractivity contribution in [3.05, 3.63) is 66.5 Å². The number of nitrogens with zero attached hydrogens (tertiary/aromatic N) is 3. The van der Waals surface area contributed by atoms with Crippen LogP contribution in [0.2, 0.25) is 0 Å². The largest absolute Gasteiger partial charge is 0.417 e. The summed E-state index contributed by atoms with van der Waals surface area (Å²) in [5.74, 6) is 0.494. The Bertz CT molecular complexity index is 978. The van der Waals surface area contributed by atoms with Gasteiger partial charge in [-0.25, -0.2) is 9.48 Å². The summed E-state index contributed by atoms with van der Waals surface area (Å²) < 4.78 is 7.54. The van der Waals surface area contributed by atoms with Crippen LogP contribution in [0.1, 0.15) is 38.3 Å². The van der Waals surface area contributed by atoms with Crippen LogP contribution in [0.15, 0.2) is 60.8 Å². The summed E-state index contributed by atoms with van der Waals surface area (Å²) in [6, 6.07) is 17.8. The molecule has 156 valence electrons. The number of piperidine rings is 1. The Kier molecular flexibility index (Phi) is 6.32. The monoisotopic (exact) mass is 404 g/mol. The zero-order valence-corrected chi connectivity index (χ0v) is 17.4. The van der Waals surface area contributed by atoms with Crippen molar-refractivity contribution in [2.75, 3.05) is 23.3 Å². The summed E-state index contributed by atoms with van der Waals surface area (Å²) in [4.78, 5) is 15.1. The highest BCUT2D eigenvalue weighted by Crippen LogP contribution is 2.29. The molecule has 1 fully saturated rings. The fourth-order valence-electron chi connectivity index (χ4n) is 3.93. The van der Waals surface area contributed by atoms with Crippen LogP contribution in [0, 0.1) is 0 Å². The van der Waals surface area contributed by atoms with Gasteiger partial charge in [0.15, 0.2) is 5.75 Å². The van der Waals surface area contributed by atoms with E-state index in [-0.39, 0.29) is 0 Å². The third-order valence-corrected chi connectivity index (χ3v) is 5.36. The molecule has 1 aliphatic rings. The second kappa shape index (κ2) is 9.48. The molecule has 1 saturated heterocycles. The molecule has 0 spiro atoms. The zero-order chi connectivity index (χ0) is 20.8. The van der Waals surface area contributed by atoms with Crippen molar-refractivity contribution in [3.63, 3.8) is 0 Å². The second-order valence-electron chi connectivity index (χ2n) is 7.53. The molecule has 6 nitrogen and oxygen atoms in total. The van der Waals surface area contributed by atoms with Gasteiger partial charge in [0.25, 0.3) is 0 Å². The van der Waals surface area contributed by atoms with Gasteiger partial charge in [0.1, 0.15) is 0 Å². The van der Waals surface area contributed by atoms with E-state index in [2.05, 4.69) is 28.3 Å². The minimum Gasteiger partial charge on any atom is -0.406 e. The van der Waals surface area contributed by atoms with Gasteiger partial charge in [-0.05, 0) is 49.9 Å². The van der Waals surface area contributed by atoms with Crippen LogP contribution in [-0.2, 0) is 6.42 Å². The maximum absolute atomic E-state index is 12.7. The highest BCUT2D eigenvalue weighted by molar-refractivity contribution is 5.91. The topological polar surface area (TPSA) is 59.4 Å². The van der Waals surface area contributed by atoms with E-state index in [0.29, 0.717) is 5.75 Å². The summed E-state index contributed by atoms with van der Waals surface area (Å²) in [6.07, 6.45) is 6.43.